The average Bonchev–Trinajstić information content (AvgIpc) is 2.86. The van der Waals surface area contributed by atoms with Crippen molar-refractivity contribution in [2.75, 3.05) is 10.8 Å². The summed E-state index contributed by atoms with van der Waals surface area (Å²) < 4.78 is 59.7. The molecule has 1 saturated heterocycles. The topological polar surface area (TPSA) is 67.9 Å². The van der Waals surface area contributed by atoms with Gasteiger partial charge in [0.1, 0.15) is 5.75 Å². The molecule has 1 unspecified atom stereocenters. The zero-order valence-electron chi connectivity index (χ0n) is 14.7. The zero-order valence-corrected chi connectivity index (χ0v) is 15.5. The summed E-state index contributed by atoms with van der Waals surface area (Å²) in [7, 11) is 0. The molecule has 2 amide bonds. The number of hydrogen-bond acceptors (Lipinski definition) is 5. The summed E-state index contributed by atoms with van der Waals surface area (Å²) in [5, 5.41) is 2.55. The van der Waals surface area contributed by atoms with E-state index in [4.69, 9.17) is 4.74 Å². The molecule has 0 radical (unpaired) electrons. The van der Waals surface area contributed by atoms with E-state index in [1.165, 1.54) is 17.0 Å². The molecule has 150 valence electrons. The number of halogens is 4. The molecule has 27 heavy (non-hydrogen) atoms. The summed E-state index contributed by atoms with van der Waals surface area (Å²) in [6.07, 6.45) is -9.42. The SMILES string of the molecule is CC(C)(C)NC(=O)OC1SCN(c2cccc(OC(F)(F)C(F)F)c2)C1=O. The fraction of sp³-hybridized carbons (Fsp3) is 0.500. The summed E-state index contributed by atoms with van der Waals surface area (Å²) >= 11 is 1.02. The number of alkyl halides is 4. The van der Waals surface area contributed by atoms with Crippen LogP contribution in [-0.4, -0.2) is 41.4 Å². The highest BCUT2D eigenvalue weighted by Crippen LogP contribution is 2.34. The van der Waals surface area contributed by atoms with Crippen LogP contribution in [0, 0.1) is 0 Å². The van der Waals surface area contributed by atoms with Gasteiger partial charge in [-0.15, -0.1) is 0 Å². The number of nitrogens with one attached hydrogen (secondary N) is 1. The summed E-state index contributed by atoms with van der Waals surface area (Å²) in [6, 6.07) is 4.80. The van der Waals surface area contributed by atoms with Gasteiger partial charge < -0.3 is 14.8 Å². The van der Waals surface area contributed by atoms with E-state index in [0.29, 0.717) is 0 Å². The standard InChI is InChI=1S/C16H18F4N2O4S/c1-15(2,3)21-14(24)25-12-11(23)22(8-27-12)9-5-4-6-10(7-9)26-16(19,20)13(17)18/h4-7,12-13H,8H2,1-3H3,(H,21,24). The van der Waals surface area contributed by atoms with Crippen molar-refractivity contribution in [1.29, 1.82) is 0 Å². The number of carbonyl (C=O) groups is 2. The molecular weight excluding hydrogens is 392 g/mol. The Morgan fingerprint density at radius 1 is 1.33 bits per heavy atom. The van der Waals surface area contributed by atoms with E-state index in [-0.39, 0.29) is 11.6 Å². The van der Waals surface area contributed by atoms with Crippen LogP contribution in [0.4, 0.5) is 28.0 Å². The molecule has 0 bridgehead atoms. The fourth-order valence-electron chi connectivity index (χ4n) is 2.04. The summed E-state index contributed by atoms with van der Waals surface area (Å²) in [4.78, 5) is 25.4. The van der Waals surface area contributed by atoms with Crippen molar-refractivity contribution in [1.82, 2.24) is 5.32 Å². The Hall–Kier alpha value is -2.17. The Morgan fingerprint density at radius 2 is 2.00 bits per heavy atom. The predicted molar refractivity (Wildman–Crippen MR) is 91.1 cm³/mol. The minimum atomic E-state index is -4.65. The van der Waals surface area contributed by atoms with Crippen LogP contribution in [0.25, 0.3) is 0 Å². The van der Waals surface area contributed by atoms with Crippen LogP contribution in [0.15, 0.2) is 24.3 Å². The van der Waals surface area contributed by atoms with E-state index in [0.717, 1.165) is 23.9 Å². The first-order valence-corrected chi connectivity index (χ1v) is 8.81. The van der Waals surface area contributed by atoms with Gasteiger partial charge in [0.2, 0.25) is 5.44 Å². The molecule has 11 heteroatoms. The van der Waals surface area contributed by atoms with E-state index in [2.05, 4.69) is 10.1 Å². The number of anilines is 1. The number of benzene rings is 1. The van der Waals surface area contributed by atoms with E-state index >= 15 is 0 Å². The third-order valence-electron chi connectivity index (χ3n) is 3.15. The van der Waals surface area contributed by atoms with E-state index in [1.54, 1.807) is 20.8 Å². The number of rotatable bonds is 5. The number of nitrogens with zero attached hydrogens (tertiary/aromatic N) is 1. The van der Waals surface area contributed by atoms with Crippen LogP contribution < -0.4 is 15.0 Å². The Kier molecular flexibility index (Phi) is 6.13. The summed E-state index contributed by atoms with van der Waals surface area (Å²) in [5.74, 6) is -1.02. The van der Waals surface area contributed by atoms with Crippen molar-refractivity contribution in [2.45, 2.75) is 44.3 Å². The second-order valence-electron chi connectivity index (χ2n) is 6.64. The second-order valence-corrected chi connectivity index (χ2v) is 7.66. The molecule has 0 aromatic heterocycles. The summed E-state index contributed by atoms with van der Waals surface area (Å²) in [5.41, 5.74) is -1.51. The first kappa shape index (κ1) is 21.1. The van der Waals surface area contributed by atoms with Gasteiger partial charge in [-0.05, 0) is 32.9 Å². The van der Waals surface area contributed by atoms with E-state index in [1.807, 2.05) is 0 Å². The van der Waals surface area contributed by atoms with Crippen LogP contribution in [-0.2, 0) is 9.53 Å². The van der Waals surface area contributed by atoms with Crippen LogP contribution in [0.5, 0.6) is 5.75 Å². The summed E-state index contributed by atoms with van der Waals surface area (Å²) in [6.45, 7) is 5.22. The lowest BCUT2D eigenvalue weighted by molar-refractivity contribution is -0.253. The van der Waals surface area contributed by atoms with Crippen molar-refractivity contribution < 1.29 is 36.6 Å². The molecule has 6 nitrogen and oxygen atoms in total. The monoisotopic (exact) mass is 410 g/mol. The van der Waals surface area contributed by atoms with Gasteiger partial charge in [-0.2, -0.15) is 17.6 Å². The number of amides is 2. The lowest BCUT2D eigenvalue weighted by Gasteiger charge is -2.21. The van der Waals surface area contributed by atoms with Crippen LogP contribution in [0.2, 0.25) is 0 Å². The normalized spacial score (nSPS) is 18.0. The van der Waals surface area contributed by atoms with Gasteiger partial charge in [0, 0.05) is 17.3 Å². The second kappa shape index (κ2) is 7.83. The molecule has 1 heterocycles. The Balaban J connectivity index is 2.06. The lowest BCUT2D eigenvalue weighted by Crippen LogP contribution is -2.43. The molecule has 0 saturated carbocycles. The van der Waals surface area contributed by atoms with Gasteiger partial charge >= 0.3 is 18.6 Å². The van der Waals surface area contributed by atoms with Gasteiger partial charge in [-0.1, -0.05) is 17.8 Å². The first-order valence-electron chi connectivity index (χ1n) is 7.76. The number of hydrogen-bond donors (Lipinski definition) is 1. The van der Waals surface area contributed by atoms with Crippen molar-refractivity contribution in [3.05, 3.63) is 24.3 Å². The van der Waals surface area contributed by atoms with Gasteiger partial charge in [0.15, 0.2) is 0 Å². The highest BCUT2D eigenvalue weighted by atomic mass is 32.2. The molecule has 0 spiro atoms. The van der Waals surface area contributed by atoms with Crippen molar-refractivity contribution >= 4 is 29.4 Å². The lowest BCUT2D eigenvalue weighted by atomic mass is 10.1. The molecule has 1 aromatic rings. The maximum atomic E-state index is 13.0. The Morgan fingerprint density at radius 3 is 2.59 bits per heavy atom. The minimum Gasteiger partial charge on any atom is -0.428 e. The number of carbonyl (C=O) groups excluding carboxylic acids is 2. The largest absolute Gasteiger partial charge is 0.461 e. The molecule has 1 aliphatic rings. The maximum Gasteiger partial charge on any atom is 0.461 e. The molecule has 1 atom stereocenters. The smallest absolute Gasteiger partial charge is 0.428 e. The average molecular weight is 410 g/mol. The highest BCUT2D eigenvalue weighted by molar-refractivity contribution is 8.01. The van der Waals surface area contributed by atoms with Crippen LogP contribution in [0.3, 0.4) is 0 Å². The third-order valence-corrected chi connectivity index (χ3v) is 4.16. The molecular formula is C16H18F4N2O4S. The van der Waals surface area contributed by atoms with Gasteiger partial charge in [0.25, 0.3) is 5.91 Å². The molecule has 1 fully saturated rings. The van der Waals surface area contributed by atoms with Gasteiger partial charge in [-0.3, -0.25) is 9.69 Å². The molecule has 1 N–H and O–H groups in total. The van der Waals surface area contributed by atoms with Gasteiger partial charge in [0.05, 0.1) is 5.88 Å². The number of thioether (sulfide) groups is 1. The number of ether oxygens (including phenoxy) is 2. The van der Waals surface area contributed by atoms with E-state index < -0.39 is 41.3 Å². The zero-order chi connectivity index (χ0) is 20.4. The molecule has 2 rings (SSSR count). The van der Waals surface area contributed by atoms with Crippen LogP contribution >= 0.6 is 11.8 Å². The molecule has 0 aliphatic carbocycles. The predicted octanol–water partition coefficient (Wildman–Crippen LogP) is 3.81. The number of alkyl carbamates (subject to hydrolysis) is 1. The Bertz CT molecular complexity index is 712. The van der Waals surface area contributed by atoms with Crippen molar-refractivity contribution in [3.8, 4) is 5.75 Å². The molecule has 1 aromatic carbocycles. The molecule has 1 aliphatic heterocycles. The third kappa shape index (κ3) is 5.65. The first-order chi connectivity index (χ1) is 12.4. The Labute approximate surface area is 157 Å². The van der Waals surface area contributed by atoms with Crippen molar-refractivity contribution in [2.24, 2.45) is 0 Å². The fourth-order valence-corrected chi connectivity index (χ4v) is 3.03. The van der Waals surface area contributed by atoms with Gasteiger partial charge in [-0.25, -0.2) is 4.79 Å². The highest BCUT2D eigenvalue weighted by Gasteiger charge is 2.44. The minimum absolute atomic E-state index is 0.0843. The van der Waals surface area contributed by atoms with Crippen molar-refractivity contribution in [3.63, 3.8) is 0 Å². The maximum absolute atomic E-state index is 13.0. The quantitative estimate of drug-likeness (QED) is 0.748. The van der Waals surface area contributed by atoms with Crippen LogP contribution in [0.1, 0.15) is 20.8 Å². The van der Waals surface area contributed by atoms with E-state index in [9.17, 15) is 27.2 Å².